The zero-order valence-electron chi connectivity index (χ0n) is 9.49. The van der Waals surface area contributed by atoms with Crippen LogP contribution in [0.25, 0.3) is 0 Å². The molecule has 0 aromatic heterocycles. The summed E-state index contributed by atoms with van der Waals surface area (Å²) < 4.78 is 52.6. The molecule has 8 heteroatoms. The Morgan fingerprint density at radius 3 is 2.37 bits per heavy atom. The molecule has 1 rings (SSSR count). The molecule has 1 aromatic carbocycles. The van der Waals surface area contributed by atoms with Crippen LogP contribution in [0, 0.1) is 5.82 Å². The molecule has 0 amide bonds. The molecular formula is C11H11BrF4O3. The molecule has 0 aliphatic rings. The highest BCUT2D eigenvalue weighted by molar-refractivity contribution is 9.09. The normalized spacial score (nSPS) is 15.1. The van der Waals surface area contributed by atoms with Gasteiger partial charge in [-0.05, 0) is 24.1 Å². The number of hydrogen-bond acceptors (Lipinski definition) is 3. The van der Waals surface area contributed by atoms with E-state index in [-0.39, 0.29) is 12.0 Å². The minimum atomic E-state index is -4.99. The number of rotatable bonds is 5. The number of hydrogen-bond donors (Lipinski definition) is 2. The van der Waals surface area contributed by atoms with Gasteiger partial charge in [0.15, 0.2) is 11.6 Å². The Hall–Kier alpha value is -0.860. The second kappa shape index (κ2) is 6.53. The summed E-state index contributed by atoms with van der Waals surface area (Å²) >= 11 is 3.06. The average molecular weight is 347 g/mol. The standard InChI is InChI=1S/C11H11BrF4O3/c12-4-3-8(17)10(18)6-1-2-9(7(13)5-6)19-11(14,15)16/h1-2,5,8,10,17-18H,3-4H2. The summed E-state index contributed by atoms with van der Waals surface area (Å²) in [6.07, 6.45) is -7.31. The number of aliphatic hydroxyl groups is 2. The first-order valence-electron chi connectivity index (χ1n) is 5.22. The van der Waals surface area contributed by atoms with E-state index in [0.717, 1.165) is 12.1 Å². The Bertz CT molecular complexity index is 425. The highest BCUT2D eigenvalue weighted by Gasteiger charge is 2.32. The maximum Gasteiger partial charge on any atom is 0.573 e. The van der Waals surface area contributed by atoms with Gasteiger partial charge < -0.3 is 14.9 Å². The van der Waals surface area contributed by atoms with Crippen molar-refractivity contribution in [1.29, 1.82) is 0 Å². The van der Waals surface area contributed by atoms with Gasteiger partial charge in [0.05, 0.1) is 6.10 Å². The SMILES string of the molecule is OC(CCBr)C(O)c1ccc(OC(F)(F)F)c(F)c1. The summed E-state index contributed by atoms with van der Waals surface area (Å²) in [5.41, 5.74) is -0.0273. The third kappa shape index (κ3) is 4.96. The van der Waals surface area contributed by atoms with Gasteiger partial charge in [0, 0.05) is 5.33 Å². The van der Waals surface area contributed by atoms with Crippen LogP contribution in [-0.2, 0) is 0 Å². The van der Waals surface area contributed by atoms with Crippen LogP contribution in [0.5, 0.6) is 5.75 Å². The largest absolute Gasteiger partial charge is 0.573 e. The zero-order chi connectivity index (χ0) is 14.6. The number of alkyl halides is 4. The predicted octanol–water partition coefficient (Wildman–Crippen LogP) is 2.90. The molecule has 0 aliphatic heterocycles. The van der Waals surface area contributed by atoms with Crippen molar-refractivity contribution in [3.63, 3.8) is 0 Å². The van der Waals surface area contributed by atoms with Crippen LogP contribution in [0.3, 0.4) is 0 Å². The lowest BCUT2D eigenvalue weighted by atomic mass is 10.0. The van der Waals surface area contributed by atoms with E-state index in [1.165, 1.54) is 0 Å². The van der Waals surface area contributed by atoms with Crippen molar-refractivity contribution in [3.05, 3.63) is 29.6 Å². The van der Waals surface area contributed by atoms with Crippen LogP contribution in [-0.4, -0.2) is 28.0 Å². The predicted molar refractivity (Wildman–Crippen MR) is 62.5 cm³/mol. The smallest absolute Gasteiger partial charge is 0.403 e. The van der Waals surface area contributed by atoms with Crippen molar-refractivity contribution < 1.29 is 32.5 Å². The summed E-state index contributed by atoms with van der Waals surface area (Å²) in [7, 11) is 0. The lowest BCUT2D eigenvalue weighted by Gasteiger charge is -2.18. The van der Waals surface area contributed by atoms with Gasteiger partial charge in [0.25, 0.3) is 0 Å². The zero-order valence-corrected chi connectivity index (χ0v) is 11.1. The van der Waals surface area contributed by atoms with Crippen molar-refractivity contribution in [2.45, 2.75) is 25.0 Å². The van der Waals surface area contributed by atoms with Crippen molar-refractivity contribution in [3.8, 4) is 5.75 Å². The summed E-state index contributed by atoms with van der Waals surface area (Å²) in [6.45, 7) is 0. The molecule has 108 valence electrons. The van der Waals surface area contributed by atoms with Crippen molar-refractivity contribution >= 4 is 15.9 Å². The maximum atomic E-state index is 13.4. The van der Waals surface area contributed by atoms with Gasteiger partial charge in [-0.3, -0.25) is 0 Å². The highest BCUT2D eigenvalue weighted by Crippen LogP contribution is 2.29. The van der Waals surface area contributed by atoms with Crippen LogP contribution in [0.2, 0.25) is 0 Å². The molecule has 0 spiro atoms. The van der Waals surface area contributed by atoms with Crippen LogP contribution in [0.4, 0.5) is 17.6 Å². The summed E-state index contributed by atoms with van der Waals surface area (Å²) in [5, 5.41) is 19.6. The van der Waals surface area contributed by atoms with Crippen molar-refractivity contribution in [2.24, 2.45) is 0 Å². The van der Waals surface area contributed by atoms with Gasteiger partial charge >= 0.3 is 6.36 Å². The van der Waals surface area contributed by atoms with E-state index in [4.69, 9.17) is 0 Å². The minimum Gasteiger partial charge on any atom is -0.403 e. The Morgan fingerprint density at radius 2 is 1.89 bits per heavy atom. The topological polar surface area (TPSA) is 49.7 Å². The van der Waals surface area contributed by atoms with Gasteiger partial charge in [-0.25, -0.2) is 4.39 Å². The van der Waals surface area contributed by atoms with E-state index in [2.05, 4.69) is 20.7 Å². The van der Waals surface area contributed by atoms with Gasteiger partial charge in [0.1, 0.15) is 6.10 Å². The maximum absolute atomic E-state index is 13.4. The van der Waals surface area contributed by atoms with Gasteiger partial charge in [-0.2, -0.15) is 0 Å². The molecule has 0 saturated heterocycles. The molecule has 0 heterocycles. The Labute approximate surface area is 114 Å². The van der Waals surface area contributed by atoms with Gasteiger partial charge in [-0.15, -0.1) is 13.2 Å². The highest BCUT2D eigenvalue weighted by atomic mass is 79.9. The molecular weight excluding hydrogens is 336 g/mol. The number of ether oxygens (including phenoxy) is 1. The van der Waals surface area contributed by atoms with E-state index in [1.807, 2.05) is 0 Å². The fourth-order valence-electron chi connectivity index (χ4n) is 1.40. The average Bonchev–Trinajstić information content (AvgIpc) is 2.29. The summed E-state index contributed by atoms with van der Waals surface area (Å²) in [6, 6.07) is 2.51. The first kappa shape index (κ1) is 16.2. The molecule has 1 aromatic rings. The lowest BCUT2D eigenvalue weighted by Crippen LogP contribution is -2.20. The summed E-state index contributed by atoms with van der Waals surface area (Å²) in [4.78, 5) is 0. The molecule has 2 N–H and O–H groups in total. The molecule has 2 unspecified atom stereocenters. The number of aliphatic hydroxyl groups excluding tert-OH is 2. The molecule has 0 bridgehead atoms. The first-order valence-corrected chi connectivity index (χ1v) is 6.34. The van der Waals surface area contributed by atoms with E-state index < -0.39 is 30.1 Å². The Kier molecular flexibility index (Phi) is 5.57. The van der Waals surface area contributed by atoms with Crippen LogP contribution < -0.4 is 4.74 Å². The van der Waals surface area contributed by atoms with Crippen molar-refractivity contribution in [1.82, 2.24) is 0 Å². The molecule has 0 saturated carbocycles. The third-order valence-corrected chi connectivity index (χ3v) is 2.75. The van der Waals surface area contributed by atoms with Crippen molar-refractivity contribution in [2.75, 3.05) is 5.33 Å². The first-order chi connectivity index (χ1) is 8.74. The van der Waals surface area contributed by atoms with E-state index in [9.17, 15) is 27.8 Å². The van der Waals surface area contributed by atoms with Crippen LogP contribution >= 0.6 is 15.9 Å². The fourth-order valence-corrected chi connectivity index (χ4v) is 1.87. The molecule has 2 atom stereocenters. The number of benzene rings is 1. The fraction of sp³-hybridized carbons (Fsp3) is 0.455. The van der Waals surface area contributed by atoms with Crippen LogP contribution in [0.15, 0.2) is 18.2 Å². The van der Waals surface area contributed by atoms with E-state index in [0.29, 0.717) is 11.4 Å². The van der Waals surface area contributed by atoms with E-state index >= 15 is 0 Å². The quantitative estimate of drug-likeness (QED) is 0.636. The Morgan fingerprint density at radius 1 is 1.26 bits per heavy atom. The molecule has 0 radical (unpaired) electrons. The number of halogens is 5. The molecule has 0 fully saturated rings. The lowest BCUT2D eigenvalue weighted by molar-refractivity contribution is -0.275. The van der Waals surface area contributed by atoms with Crippen LogP contribution in [0.1, 0.15) is 18.1 Å². The minimum absolute atomic E-state index is 0.0273. The summed E-state index contributed by atoms with van der Waals surface area (Å²) in [5.74, 6) is -2.25. The second-order valence-electron chi connectivity index (χ2n) is 3.73. The van der Waals surface area contributed by atoms with E-state index in [1.54, 1.807) is 0 Å². The molecule has 19 heavy (non-hydrogen) atoms. The molecule has 3 nitrogen and oxygen atoms in total. The Balaban J connectivity index is 2.87. The van der Waals surface area contributed by atoms with Gasteiger partial charge in [0.2, 0.25) is 0 Å². The van der Waals surface area contributed by atoms with Gasteiger partial charge in [-0.1, -0.05) is 22.0 Å². The second-order valence-corrected chi connectivity index (χ2v) is 4.52. The monoisotopic (exact) mass is 346 g/mol. The third-order valence-electron chi connectivity index (χ3n) is 2.29. The molecule has 0 aliphatic carbocycles.